The smallest absolute Gasteiger partial charge is 0.328 e. The van der Waals surface area contributed by atoms with E-state index < -0.39 is 35.6 Å². The first-order valence-electron chi connectivity index (χ1n) is 9.74. The minimum atomic E-state index is -1.01. The van der Waals surface area contributed by atoms with Gasteiger partial charge in [0.25, 0.3) is 0 Å². The molecule has 1 aromatic carbocycles. The number of methoxy groups -OCH3 is 1. The van der Waals surface area contributed by atoms with Crippen LogP contribution in [0.15, 0.2) is 18.2 Å². The lowest BCUT2D eigenvalue weighted by molar-refractivity contribution is -0.155. The molecule has 0 N–H and O–H groups in total. The molecule has 1 aliphatic heterocycles. The van der Waals surface area contributed by atoms with E-state index in [1.807, 2.05) is 0 Å². The Morgan fingerprint density at radius 1 is 1.37 bits per heavy atom. The second kappa shape index (κ2) is 10.2. The van der Waals surface area contributed by atoms with Gasteiger partial charge in [-0.05, 0) is 18.4 Å². The number of rotatable bonds is 8. The van der Waals surface area contributed by atoms with Gasteiger partial charge in [0, 0.05) is 31.0 Å². The number of hydrogen-bond acceptors (Lipinski definition) is 4. The minimum absolute atomic E-state index is 0.0396. The van der Waals surface area contributed by atoms with Crippen molar-refractivity contribution in [3.63, 3.8) is 0 Å². The zero-order chi connectivity index (χ0) is 22.4. The van der Waals surface area contributed by atoms with Gasteiger partial charge in [-0.3, -0.25) is 9.59 Å². The molecule has 0 radical (unpaired) electrons. The van der Waals surface area contributed by atoms with E-state index in [-0.39, 0.29) is 43.3 Å². The fourth-order valence-corrected chi connectivity index (χ4v) is 3.72. The number of nitrogens with zero attached hydrogens (tertiary/aromatic N) is 2. The molecule has 1 fully saturated rings. The van der Waals surface area contributed by atoms with Gasteiger partial charge in [0.2, 0.25) is 11.8 Å². The average Bonchev–Trinajstić information content (AvgIpc) is 3.03. The molecule has 8 heteroatoms. The summed E-state index contributed by atoms with van der Waals surface area (Å²) in [4.78, 5) is 40.2. The molecule has 0 aromatic heterocycles. The Labute approximate surface area is 175 Å². The van der Waals surface area contributed by atoms with Gasteiger partial charge >= 0.3 is 5.97 Å². The summed E-state index contributed by atoms with van der Waals surface area (Å²) in [5, 5.41) is 0. The number of ether oxygens (including phenoxy) is 1. The summed E-state index contributed by atoms with van der Waals surface area (Å²) in [6.45, 7) is 3.32. The third-order valence-corrected chi connectivity index (χ3v) is 5.23. The molecule has 1 heterocycles. The van der Waals surface area contributed by atoms with E-state index in [4.69, 9.17) is 11.2 Å². The van der Waals surface area contributed by atoms with Crippen LogP contribution in [0, 0.1) is 29.9 Å². The third kappa shape index (κ3) is 5.15. The van der Waals surface area contributed by atoms with Crippen molar-refractivity contribution in [3.8, 4) is 12.3 Å². The van der Waals surface area contributed by atoms with Crippen LogP contribution in [-0.4, -0.2) is 53.3 Å². The number of carbonyl (C=O) groups is 3. The van der Waals surface area contributed by atoms with Crippen LogP contribution in [0.25, 0.3) is 0 Å². The molecule has 30 heavy (non-hydrogen) atoms. The number of amides is 2. The lowest BCUT2D eigenvalue weighted by Crippen LogP contribution is -2.50. The maximum absolute atomic E-state index is 14.1. The molecule has 2 amide bonds. The maximum atomic E-state index is 14.1. The van der Waals surface area contributed by atoms with Gasteiger partial charge < -0.3 is 14.5 Å². The van der Waals surface area contributed by atoms with Gasteiger partial charge in [-0.15, -0.1) is 6.42 Å². The summed E-state index contributed by atoms with van der Waals surface area (Å²) in [5.74, 6) is -1.08. The Balaban J connectivity index is 2.21. The molecule has 0 spiro atoms. The van der Waals surface area contributed by atoms with E-state index in [2.05, 4.69) is 5.92 Å². The molecule has 1 aromatic rings. The van der Waals surface area contributed by atoms with Crippen LogP contribution < -0.4 is 0 Å². The van der Waals surface area contributed by atoms with Crippen LogP contribution in [0.5, 0.6) is 0 Å². The molecule has 1 saturated heterocycles. The number of likely N-dealkylation sites (tertiary alicyclic amines) is 1. The second-order valence-electron chi connectivity index (χ2n) is 7.57. The number of terminal acetylenes is 1. The number of hydrogen-bond donors (Lipinski definition) is 0. The molecule has 6 nitrogen and oxygen atoms in total. The normalized spacial score (nSPS) is 17.0. The van der Waals surface area contributed by atoms with Crippen molar-refractivity contribution in [3.05, 3.63) is 35.4 Å². The first-order valence-corrected chi connectivity index (χ1v) is 9.74. The number of halogens is 2. The van der Waals surface area contributed by atoms with Crippen molar-refractivity contribution >= 4 is 17.8 Å². The minimum Gasteiger partial charge on any atom is -0.467 e. The summed E-state index contributed by atoms with van der Waals surface area (Å²) >= 11 is 0. The highest BCUT2D eigenvalue weighted by atomic mass is 19.2. The van der Waals surface area contributed by atoms with E-state index in [1.54, 1.807) is 13.8 Å². The summed E-state index contributed by atoms with van der Waals surface area (Å²) < 4.78 is 32.4. The van der Waals surface area contributed by atoms with Crippen molar-refractivity contribution in [1.82, 2.24) is 9.80 Å². The van der Waals surface area contributed by atoms with Gasteiger partial charge in [-0.25, -0.2) is 13.6 Å². The van der Waals surface area contributed by atoms with Crippen LogP contribution in [-0.2, 0) is 25.7 Å². The van der Waals surface area contributed by atoms with Gasteiger partial charge in [-0.2, -0.15) is 0 Å². The highest BCUT2D eigenvalue weighted by Gasteiger charge is 2.37. The summed E-state index contributed by atoms with van der Waals surface area (Å²) in [6.07, 6.45) is 5.92. The predicted octanol–water partition coefficient (Wildman–Crippen LogP) is 2.51. The van der Waals surface area contributed by atoms with Gasteiger partial charge in [-0.1, -0.05) is 31.9 Å². The van der Waals surface area contributed by atoms with Crippen molar-refractivity contribution in [2.45, 2.75) is 51.7 Å². The van der Waals surface area contributed by atoms with Gasteiger partial charge in [0.1, 0.15) is 6.04 Å². The molecule has 162 valence electrons. The van der Waals surface area contributed by atoms with Crippen LogP contribution in [0.1, 0.15) is 38.7 Å². The predicted molar refractivity (Wildman–Crippen MR) is 106 cm³/mol. The Bertz CT molecular complexity index is 850. The largest absolute Gasteiger partial charge is 0.467 e. The summed E-state index contributed by atoms with van der Waals surface area (Å²) in [7, 11) is 1.24. The lowest BCUT2D eigenvalue weighted by Gasteiger charge is -2.33. The van der Waals surface area contributed by atoms with Gasteiger partial charge in [0.05, 0.1) is 13.7 Å². The monoisotopic (exact) mass is 420 g/mol. The molecule has 2 atom stereocenters. The summed E-state index contributed by atoms with van der Waals surface area (Å²) in [5.41, 5.74) is 0.0396. The SMILES string of the molecule is C#CCN(C(=O)C[C@@H]1CCC(=O)N1Cc1cccc(F)c1F)[C@H](C(=O)OC)C(C)C. The number of esters is 1. The van der Waals surface area contributed by atoms with Crippen molar-refractivity contribution in [1.29, 1.82) is 0 Å². The Kier molecular flexibility index (Phi) is 7.93. The number of benzene rings is 1. The lowest BCUT2D eigenvalue weighted by atomic mass is 10.0. The molecule has 1 aliphatic rings. The average molecular weight is 420 g/mol. The molecule has 0 aliphatic carbocycles. The first kappa shape index (κ1) is 23.3. The zero-order valence-corrected chi connectivity index (χ0v) is 17.4. The maximum Gasteiger partial charge on any atom is 0.328 e. The quantitative estimate of drug-likeness (QED) is 0.479. The number of carbonyl (C=O) groups excluding carboxylic acids is 3. The van der Waals surface area contributed by atoms with Crippen molar-refractivity contribution in [2.75, 3.05) is 13.7 Å². The second-order valence-corrected chi connectivity index (χ2v) is 7.57. The van der Waals surface area contributed by atoms with E-state index >= 15 is 0 Å². The first-order chi connectivity index (χ1) is 14.2. The highest BCUT2D eigenvalue weighted by Crippen LogP contribution is 2.26. The molecule has 2 rings (SSSR count). The fourth-order valence-electron chi connectivity index (χ4n) is 3.72. The highest BCUT2D eigenvalue weighted by molar-refractivity contribution is 5.86. The Hall–Kier alpha value is -2.95. The van der Waals surface area contributed by atoms with E-state index in [9.17, 15) is 23.2 Å². The zero-order valence-electron chi connectivity index (χ0n) is 17.4. The van der Waals surface area contributed by atoms with E-state index in [1.165, 1.54) is 29.0 Å². The van der Waals surface area contributed by atoms with E-state index in [0.29, 0.717) is 6.42 Å². The van der Waals surface area contributed by atoms with E-state index in [0.717, 1.165) is 6.07 Å². The van der Waals surface area contributed by atoms with Crippen molar-refractivity contribution in [2.24, 2.45) is 5.92 Å². The molecule has 0 bridgehead atoms. The standard InChI is InChI=1S/C22H26F2N2O4/c1-5-11-25(21(14(2)3)22(29)30-4)19(28)12-16-9-10-18(27)26(16)13-15-7-6-8-17(23)20(15)24/h1,6-8,14,16,21H,9-13H2,2-4H3/t16-,21-/m0/s1. The topological polar surface area (TPSA) is 66.9 Å². The molecular formula is C22H26F2N2O4. The van der Waals surface area contributed by atoms with Crippen molar-refractivity contribution < 1.29 is 27.9 Å². The summed E-state index contributed by atoms with van der Waals surface area (Å²) in [6, 6.07) is 2.41. The molecule has 0 saturated carbocycles. The Morgan fingerprint density at radius 2 is 2.07 bits per heavy atom. The fraction of sp³-hybridized carbons (Fsp3) is 0.500. The Morgan fingerprint density at radius 3 is 2.67 bits per heavy atom. The van der Waals surface area contributed by atoms with Crippen LogP contribution in [0.2, 0.25) is 0 Å². The van der Waals surface area contributed by atoms with Crippen LogP contribution in [0.4, 0.5) is 8.78 Å². The molecular weight excluding hydrogens is 394 g/mol. The van der Waals surface area contributed by atoms with Gasteiger partial charge in [0.15, 0.2) is 11.6 Å². The van der Waals surface area contributed by atoms with Crippen LogP contribution in [0.3, 0.4) is 0 Å². The third-order valence-electron chi connectivity index (χ3n) is 5.23. The molecule has 0 unspecified atom stereocenters. The van der Waals surface area contributed by atoms with Crippen LogP contribution >= 0.6 is 0 Å².